The van der Waals surface area contributed by atoms with Crippen LogP contribution in [0, 0.1) is 11.8 Å². The van der Waals surface area contributed by atoms with Crippen molar-refractivity contribution in [1.82, 2.24) is 10.2 Å². The molecule has 0 saturated carbocycles. The van der Waals surface area contributed by atoms with Crippen molar-refractivity contribution < 1.29 is 9.53 Å². The number of carbonyl (C=O) groups is 1. The van der Waals surface area contributed by atoms with Gasteiger partial charge in [0.2, 0.25) is 0 Å². The Hall–Kier alpha value is -1.71. The van der Waals surface area contributed by atoms with Crippen LogP contribution in [0.15, 0.2) is 24.3 Å². The van der Waals surface area contributed by atoms with Crippen LogP contribution in [0.4, 0.5) is 4.79 Å². The molecule has 4 nitrogen and oxygen atoms in total. The second-order valence-electron chi connectivity index (χ2n) is 6.64. The molecule has 0 unspecified atom stereocenters. The van der Waals surface area contributed by atoms with E-state index in [1.54, 1.807) is 0 Å². The van der Waals surface area contributed by atoms with Crippen LogP contribution in [0.5, 0.6) is 5.75 Å². The Morgan fingerprint density at radius 1 is 1.32 bits per heavy atom. The molecule has 1 aromatic carbocycles. The first-order valence-corrected chi connectivity index (χ1v) is 8.29. The molecule has 122 valence electrons. The number of carbonyl (C=O) groups excluding carboxylic acids is 1. The Morgan fingerprint density at radius 3 is 2.68 bits per heavy atom. The fourth-order valence-corrected chi connectivity index (χ4v) is 2.54. The van der Waals surface area contributed by atoms with Crippen LogP contribution in [0.3, 0.4) is 0 Å². The van der Waals surface area contributed by atoms with Crippen molar-refractivity contribution in [2.24, 2.45) is 11.8 Å². The molecule has 22 heavy (non-hydrogen) atoms. The molecular weight excluding hydrogens is 276 g/mol. The predicted octanol–water partition coefficient (Wildman–Crippen LogP) is 3.66. The van der Waals surface area contributed by atoms with Gasteiger partial charge in [0.05, 0.1) is 6.61 Å². The minimum Gasteiger partial charge on any atom is -0.493 e. The van der Waals surface area contributed by atoms with E-state index >= 15 is 0 Å². The summed E-state index contributed by atoms with van der Waals surface area (Å²) in [4.78, 5) is 14.1. The van der Waals surface area contributed by atoms with Crippen LogP contribution in [-0.4, -0.2) is 30.6 Å². The molecule has 1 saturated heterocycles. The lowest BCUT2D eigenvalue weighted by Crippen LogP contribution is -2.43. The minimum absolute atomic E-state index is 0.0329. The molecule has 1 fully saturated rings. The zero-order valence-corrected chi connectivity index (χ0v) is 14.0. The Labute approximate surface area is 133 Å². The van der Waals surface area contributed by atoms with E-state index in [2.05, 4.69) is 26.1 Å². The molecule has 1 aromatic rings. The van der Waals surface area contributed by atoms with Gasteiger partial charge in [0.15, 0.2) is 0 Å². The van der Waals surface area contributed by atoms with Gasteiger partial charge >= 0.3 is 6.03 Å². The Balaban J connectivity index is 1.87. The van der Waals surface area contributed by atoms with E-state index in [-0.39, 0.29) is 6.03 Å². The van der Waals surface area contributed by atoms with Gasteiger partial charge in [-0.05, 0) is 30.7 Å². The number of benzene rings is 1. The average Bonchev–Trinajstić information content (AvgIpc) is 2.52. The molecule has 0 radical (unpaired) electrons. The normalized spacial score (nSPS) is 15.9. The van der Waals surface area contributed by atoms with Gasteiger partial charge in [-0.3, -0.25) is 0 Å². The summed E-state index contributed by atoms with van der Waals surface area (Å²) >= 11 is 0. The van der Waals surface area contributed by atoms with Gasteiger partial charge in [0.25, 0.3) is 0 Å². The van der Waals surface area contributed by atoms with E-state index < -0.39 is 0 Å². The van der Waals surface area contributed by atoms with Gasteiger partial charge < -0.3 is 15.0 Å². The van der Waals surface area contributed by atoms with E-state index in [0.29, 0.717) is 19.1 Å². The maximum Gasteiger partial charge on any atom is 0.317 e. The summed E-state index contributed by atoms with van der Waals surface area (Å²) in [7, 11) is 0. The molecule has 2 amide bonds. The molecule has 0 spiro atoms. The molecule has 4 heteroatoms. The van der Waals surface area contributed by atoms with E-state index in [9.17, 15) is 4.79 Å². The first kappa shape index (κ1) is 16.7. The molecular formula is C18H28N2O2. The molecule has 0 atom stereocenters. The summed E-state index contributed by atoms with van der Waals surface area (Å²) in [6.45, 7) is 9.42. The smallest absolute Gasteiger partial charge is 0.317 e. The monoisotopic (exact) mass is 304 g/mol. The second kappa shape index (κ2) is 8.06. The largest absolute Gasteiger partial charge is 0.493 e. The lowest BCUT2D eigenvalue weighted by molar-refractivity contribution is 0.173. The topological polar surface area (TPSA) is 41.6 Å². The standard InChI is InChI=1S/C18H28N2O2/c1-14(2)13-22-17-7-5-4-6-16(17)12-19-18(21)20-10-8-15(3)9-11-20/h4-7,14-15H,8-13H2,1-3H3,(H,19,21). The number of hydrogen-bond donors (Lipinski definition) is 1. The number of hydrogen-bond acceptors (Lipinski definition) is 2. The number of nitrogens with one attached hydrogen (secondary N) is 1. The van der Waals surface area contributed by atoms with Crippen LogP contribution in [0.1, 0.15) is 39.2 Å². The quantitative estimate of drug-likeness (QED) is 0.902. The van der Waals surface area contributed by atoms with Crippen LogP contribution >= 0.6 is 0 Å². The average molecular weight is 304 g/mol. The van der Waals surface area contributed by atoms with E-state index in [4.69, 9.17) is 4.74 Å². The van der Waals surface area contributed by atoms with Crippen molar-refractivity contribution in [2.75, 3.05) is 19.7 Å². The maximum absolute atomic E-state index is 12.2. The number of amides is 2. The Morgan fingerprint density at radius 2 is 2.00 bits per heavy atom. The highest BCUT2D eigenvalue weighted by atomic mass is 16.5. The fourth-order valence-electron chi connectivity index (χ4n) is 2.54. The van der Waals surface area contributed by atoms with Crippen LogP contribution < -0.4 is 10.1 Å². The van der Waals surface area contributed by atoms with Gasteiger partial charge in [0, 0.05) is 25.2 Å². The molecule has 1 N–H and O–H groups in total. The highest BCUT2D eigenvalue weighted by Gasteiger charge is 2.20. The maximum atomic E-state index is 12.2. The van der Waals surface area contributed by atoms with E-state index in [1.165, 1.54) is 0 Å². The van der Waals surface area contributed by atoms with Crippen LogP contribution in [0.25, 0.3) is 0 Å². The zero-order valence-electron chi connectivity index (χ0n) is 14.0. The lowest BCUT2D eigenvalue weighted by Gasteiger charge is -2.30. The molecule has 1 aliphatic rings. The van der Waals surface area contributed by atoms with Crippen molar-refractivity contribution >= 4 is 6.03 Å². The number of rotatable bonds is 5. The summed E-state index contributed by atoms with van der Waals surface area (Å²) in [5.74, 6) is 2.08. The Bertz CT molecular complexity index is 480. The van der Waals surface area contributed by atoms with Crippen LogP contribution in [-0.2, 0) is 6.54 Å². The number of ether oxygens (including phenoxy) is 1. The fraction of sp³-hybridized carbons (Fsp3) is 0.611. The van der Waals surface area contributed by atoms with Gasteiger partial charge in [-0.1, -0.05) is 39.0 Å². The molecule has 0 aliphatic carbocycles. The summed E-state index contributed by atoms with van der Waals surface area (Å²) in [6.07, 6.45) is 2.20. The van der Waals surface area contributed by atoms with Crippen molar-refractivity contribution in [3.63, 3.8) is 0 Å². The van der Waals surface area contributed by atoms with Gasteiger partial charge in [-0.25, -0.2) is 4.79 Å². The molecule has 0 aromatic heterocycles. The zero-order chi connectivity index (χ0) is 15.9. The highest BCUT2D eigenvalue weighted by molar-refractivity contribution is 5.74. The Kier molecular flexibility index (Phi) is 6.10. The lowest BCUT2D eigenvalue weighted by atomic mass is 10.00. The summed E-state index contributed by atoms with van der Waals surface area (Å²) in [5, 5.41) is 3.02. The highest BCUT2D eigenvalue weighted by Crippen LogP contribution is 2.19. The number of piperidine rings is 1. The van der Waals surface area contributed by atoms with Gasteiger partial charge in [0.1, 0.15) is 5.75 Å². The third kappa shape index (κ3) is 4.93. The molecule has 0 bridgehead atoms. The molecule has 2 rings (SSSR count). The van der Waals surface area contributed by atoms with E-state index in [0.717, 1.165) is 43.2 Å². The predicted molar refractivity (Wildman–Crippen MR) is 89.0 cm³/mol. The first-order valence-electron chi connectivity index (χ1n) is 8.29. The van der Waals surface area contributed by atoms with Gasteiger partial charge in [-0.15, -0.1) is 0 Å². The SMILES string of the molecule is CC(C)COc1ccccc1CNC(=O)N1CCC(C)CC1. The number of likely N-dealkylation sites (tertiary alicyclic amines) is 1. The molecule has 1 heterocycles. The third-order valence-electron chi connectivity index (χ3n) is 4.05. The van der Waals surface area contributed by atoms with Crippen molar-refractivity contribution in [2.45, 2.75) is 40.2 Å². The van der Waals surface area contributed by atoms with Gasteiger partial charge in [-0.2, -0.15) is 0 Å². The van der Waals surface area contributed by atoms with Crippen molar-refractivity contribution in [3.05, 3.63) is 29.8 Å². The summed E-state index contributed by atoms with van der Waals surface area (Å²) in [5.41, 5.74) is 1.03. The van der Waals surface area contributed by atoms with Crippen molar-refractivity contribution in [3.8, 4) is 5.75 Å². The third-order valence-corrected chi connectivity index (χ3v) is 4.05. The molecule has 1 aliphatic heterocycles. The minimum atomic E-state index is 0.0329. The number of nitrogens with zero attached hydrogens (tertiary/aromatic N) is 1. The van der Waals surface area contributed by atoms with E-state index in [1.807, 2.05) is 29.2 Å². The summed E-state index contributed by atoms with van der Waals surface area (Å²) in [6, 6.07) is 7.95. The number of para-hydroxylation sites is 1. The van der Waals surface area contributed by atoms with Crippen LogP contribution in [0.2, 0.25) is 0 Å². The second-order valence-corrected chi connectivity index (χ2v) is 6.64. The summed E-state index contributed by atoms with van der Waals surface area (Å²) < 4.78 is 5.83. The number of urea groups is 1. The van der Waals surface area contributed by atoms with Crippen molar-refractivity contribution in [1.29, 1.82) is 0 Å². The first-order chi connectivity index (χ1) is 10.6.